The number of rotatable bonds is 6. The molecule has 25 heavy (non-hydrogen) atoms. The Labute approximate surface area is 147 Å². The largest absolute Gasteiger partial charge is 0.481 e. The van der Waals surface area contributed by atoms with Crippen LogP contribution in [-0.2, 0) is 10.0 Å². The lowest BCUT2D eigenvalue weighted by Crippen LogP contribution is -2.28. The topological polar surface area (TPSA) is 68.3 Å². The van der Waals surface area contributed by atoms with Crippen molar-refractivity contribution in [3.8, 4) is 5.88 Å². The average Bonchev–Trinajstić information content (AvgIpc) is 2.51. The van der Waals surface area contributed by atoms with E-state index in [1.165, 1.54) is 13.3 Å². The molecule has 5 nitrogen and oxygen atoms in total. The second kappa shape index (κ2) is 7.68. The maximum Gasteiger partial charge on any atom is 0.248 e. The van der Waals surface area contributed by atoms with Crippen molar-refractivity contribution in [3.05, 3.63) is 23.9 Å². The van der Waals surface area contributed by atoms with Gasteiger partial charge in [0.2, 0.25) is 21.8 Å². The number of nitrogens with zero attached hydrogens (tertiary/aromatic N) is 1. The predicted molar refractivity (Wildman–Crippen MR) is 94.4 cm³/mol. The zero-order chi connectivity index (χ0) is 18.7. The van der Waals surface area contributed by atoms with Gasteiger partial charge in [0.15, 0.2) is 0 Å². The summed E-state index contributed by atoms with van der Waals surface area (Å²) in [5, 5.41) is 0. The summed E-state index contributed by atoms with van der Waals surface area (Å²) in [6.45, 7) is 0.991. The van der Waals surface area contributed by atoms with E-state index in [-0.39, 0.29) is 5.92 Å². The van der Waals surface area contributed by atoms with Gasteiger partial charge in [-0.05, 0) is 44.6 Å². The first kappa shape index (κ1) is 19.6. The van der Waals surface area contributed by atoms with Gasteiger partial charge in [0, 0.05) is 11.5 Å². The van der Waals surface area contributed by atoms with E-state index in [0.717, 1.165) is 13.2 Å². The van der Waals surface area contributed by atoms with Gasteiger partial charge in [-0.25, -0.2) is 22.2 Å². The van der Waals surface area contributed by atoms with E-state index in [4.69, 9.17) is 4.74 Å². The van der Waals surface area contributed by atoms with Crippen molar-refractivity contribution in [2.24, 2.45) is 11.8 Å². The predicted octanol–water partition coefficient (Wildman–Crippen LogP) is 3.94. The molecular formula is C17H24F2N2O3S. The number of methoxy groups -OCH3 is 1. The molecule has 0 amide bonds. The Morgan fingerprint density at radius 2 is 1.96 bits per heavy atom. The Kier molecular flexibility index (Phi) is 6.03. The summed E-state index contributed by atoms with van der Waals surface area (Å²) in [4.78, 5) is 4.09. The van der Waals surface area contributed by atoms with Crippen LogP contribution >= 0.6 is 0 Å². The van der Waals surface area contributed by atoms with Crippen LogP contribution in [0.5, 0.6) is 5.88 Å². The number of hydrogen-bond donors (Lipinski definition) is 1. The van der Waals surface area contributed by atoms with Crippen molar-refractivity contribution in [1.82, 2.24) is 4.98 Å². The van der Waals surface area contributed by atoms with Gasteiger partial charge in [0.05, 0.1) is 25.2 Å². The number of halogens is 2. The highest BCUT2D eigenvalue weighted by Gasteiger charge is 2.36. The minimum absolute atomic E-state index is 0.217. The molecule has 2 rings (SSSR count). The third kappa shape index (κ3) is 5.95. The van der Waals surface area contributed by atoms with E-state index in [9.17, 15) is 17.2 Å². The summed E-state index contributed by atoms with van der Waals surface area (Å²) in [6, 6.07) is 1.63. The number of ether oxygens (including phenoxy) is 1. The van der Waals surface area contributed by atoms with E-state index < -0.39 is 21.9 Å². The molecule has 0 spiro atoms. The summed E-state index contributed by atoms with van der Waals surface area (Å²) in [5.74, 6) is -2.57. The molecule has 8 heteroatoms. The van der Waals surface area contributed by atoms with Crippen molar-refractivity contribution >= 4 is 21.8 Å². The first-order chi connectivity index (χ1) is 11.6. The Hall–Kier alpha value is -1.70. The third-order valence-corrected chi connectivity index (χ3v) is 5.02. The van der Waals surface area contributed by atoms with Crippen molar-refractivity contribution in [2.45, 2.75) is 38.5 Å². The molecular weight excluding hydrogens is 350 g/mol. The Balaban J connectivity index is 2.08. The smallest absolute Gasteiger partial charge is 0.248 e. The van der Waals surface area contributed by atoms with Crippen LogP contribution in [0.25, 0.3) is 6.08 Å². The molecule has 1 aromatic rings. The van der Waals surface area contributed by atoms with Crippen LogP contribution in [-0.4, -0.2) is 32.7 Å². The standard InChI is InChI=1S/C17H24F2N2O3S/c1-17(18,19)14-8-5-12(6-9-14)4-7-13-10-15(21-25(3,22)23)11-20-16(13)24-2/h4,7,10-12,14,21H,5-6,8-9H2,1-3H3/b7-4+. The molecule has 140 valence electrons. The van der Waals surface area contributed by atoms with Gasteiger partial charge in [0.1, 0.15) is 0 Å². The van der Waals surface area contributed by atoms with Crippen LogP contribution in [0.4, 0.5) is 14.5 Å². The summed E-state index contributed by atoms with van der Waals surface area (Å²) in [6.07, 6.45) is 8.65. The van der Waals surface area contributed by atoms with Gasteiger partial charge in [-0.3, -0.25) is 4.72 Å². The van der Waals surface area contributed by atoms with E-state index in [1.54, 1.807) is 6.07 Å². The molecule has 0 bridgehead atoms. The highest BCUT2D eigenvalue weighted by atomic mass is 32.2. The highest BCUT2D eigenvalue weighted by Crippen LogP contribution is 2.39. The normalized spacial score (nSPS) is 22.1. The fraction of sp³-hybridized carbons (Fsp3) is 0.588. The van der Waals surface area contributed by atoms with Gasteiger partial charge >= 0.3 is 0 Å². The summed E-state index contributed by atoms with van der Waals surface area (Å²) < 4.78 is 57.0. The number of aromatic nitrogens is 1. The van der Waals surface area contributed by atoms with Crippen LogP contribution in [0.2, 0.25) is 0 Å². The molecule has 0 saturated heterocycles. The number of anilines is 1. The van der Waals surface area contributed by atoms with E-state index in [0.29, 0.717) is 42.8 Å². The lowest BCUT2D eigenvalue weighted by atomic mass is 9.79. The molecule has 1 fully saturated rings. The number of pyridine rings is 1. The Morgan fingerprint density at radius 3 is 2.48 bits per heavy atom. The number of allylic oxidation sites excluding steroid dienone is 1. The van der Waals surface area contributed by atoms with Crippen LogP contribution in [0.15, 0.2) is 18.3 Å². The molecule has 1 heterocycles. The number of sulfonamides is 1. The van der Waals surface area contributed by atoms with Gasteiger partial charge < -0.3 is 4.74 Å². The maximum atomic E-state index is 13.4. The first-order valence-electron chi connectivity index (χ1n) is 8.16. The summed E-state index contributed by atoms with van der Waals surface area (Å²) >= 11 is 0. The van der Waals surface area contributed by atoms with E-state index in [1.807, 2.05) is 12.2 Å². The van der Waals surface area contributed by atoms with Crippen LogP contribution in [0, 0.1) is 11.8 Å². The lowest BCUT2D eigenvalue weighted by molar-refractivity contribution is -0.0558. The first-order valence-corrected chi connectivity index (χ1v) is 10.1. The Bertz CT molecular complexity index is 722. The van der Waals surface area contributed by atoms with Gasteiger partial charge in [-0.1, -0.05) is 12.2 Å². The molecule has 0 atom stereocenters. The third-order valence-electron chi connectivity index (χ3n) is 4.41. The molecule has 1 aliphatic carbocycles. The highest BCUT2D eigenvalue weighted by molar-refractivity contribution is 7.92. The van der Waals surface area contributed by atoms with Crippen molar-refractivity contribution < 1.29 is 21.9 Å². The fourth-order valence-electron chi connectivity index (χ4n) is 3.09. The minimum atomic E-state index is -3.40. The number of hydrogen-bond acceptors (Lipinski definition) is 4. The van der Waals surface area contributed by atoms with Crippen LogP contribution in [0.3, 0.4) is 0 Å². The monoisotopic (exact) mass is 374 g/mol. The van der Waals surface area contributed by atoms with Gasteiger partial charge in [-0.2, -0.15) is 0 Å². The van der Waals surface area contributed by atoms with Crippen LogP contribution in [0.1, 0.15) is 38.2 Å². The zero-order valence-corrected chi connectivity index (χ0v) is 15.4. The fourth-order valence-corrected chi connectivity index (χ4v) is 3.63. The molecule has 0 unspecified atom stereocenters. The van der Waals surface area contributed by atoms with E-state index in [2.05, 4.69) is 9.71 Å². The summed E-state index contributed by atoms with van der Waals surface area (Å²) in [7, 11) is -1.91. The molecule has 0 aliphatic heterocycles. The Morgan fingerprint density at radius 1 is 1.32 bits per heavy atom. The molecule has 0 radical (unpaired) electrons. The number of alkyl halides is 2. The second-order valence-electron chi connectivity index (χ2n) is 6.62. The molecule has 1 aliphatic rings. The zero-order valence-electron chi connectivity index (χ0n) is 14.6. The van der Waals surface area contributed by atoms with Crippen molar-refractivity contribution in [2.75, 3.05) is 18.1 Å². The lowest BCUT2D eigenvalue weighted by Gasteiger charge is -2.30. The maximum absolute atomic E-state index is 13.4. The molecule has 0 aromatic carbocycles. The minimum Gasteiger partial charge on any atom is -0.481 e. The summed E-state index contributed by atoms with van der Waals surface area (Å²) in [5.41, 5.74) is 0.983. The SMILES string of the molecule is COc1ncc(NS(C)(=O)=O)cc1/C=C/C1CCC(C(C)(F)F)CC1. The van der Waals surface area contributed by atoms with Crippen LogP contribution < -0.4 is 9.46 Å². The quantitative estimate of drug-likeness (QED) is 0.819. The average molecular weight is 374 g/mol. The number of nitrogens with one attached hydrogen (secondary N) is 1. The van der Waals surface area contributed by atoms with Crippen molar-refractivity contribution in [1.29, 1.82) is 0 Å². The second-order valence-corrected chi connectivity index (χ2v) is 8.37. The van der Waals surface area contributed by atoms with Gasteiger partial charge in [-0.15, -0.1) is 0 Å². The molecule has 1 saturated carbocycles. The van der Waals surface area contributed by atoms with Crippen molar-refractivity contribution in [3.63, 3.8) is 0 Å². The van der Waals surface area contributed by atoms with Gasteiger partial charge in [0.25, 0.3) is 0 Å². The molecule has 1 aromatic heterocycles. The van der Waals surface area contributed by atoms with E-state index >= 15 is 0 Å². The molecule has 1 N–H and O–H groups in total.